The summed E-state index contributed by atoms with van der Waals surface area (Å²) in [5.41, 5.74) is 14.7. The molecule has 4 heteroatoms. The number of aromatic nitrogens is 3. The normalized spacial score (nSPS) is 14.9. The molecule has 0 atom stereocenters. The summed E-state index contributed by atoms with van der Waals surface area (Å²) >= 11 is 0. The Hall–Kier alpha value is -5.58. The first kappa shape index (κ1) is 28.4. The van der Waals surface area contributed by atoms with Gasteiger partial charge in [0.05, 0.1) is 16.7 Å². The molecule has 3 nitrogen and oxygen atoms in total. The molecule has 10 rings (SSSR count). The summed E-state index contributed by atoms with van der Waals surface area (Å²) in [6.45, 7) is 9.56. The number of rotatable bonds is 3. The number of para-hydroxylation sites is 1. The van der Waals surface area contributed by atoms with E-state index in [2.05, 4.69) is 165 Å². The van der Waals surface area contributed by atoms with Crippen LogP contribution in [0.4, 0.5) is 0 Å². The minimum atomic E-state index is -2.03. The minimum absolute atomic E-state index is 0.0442. The van der Waals surface area contributed by atoms with Crippen molar-refractivity contribution < 1.29 is 0 Å². The molecule has 8 aromatic rings. The third kappa shape index (κ3) is 3.89. The Morgan fingerprint density at radius 3 is 2.06 bits per heavy atom. The van der Waals surface area contributed by atoms with E-state index in [1.165, 1.54) is 65.7 Å². The standard InChI is InChI=1S/C45H35N3Si/c1-45(2)36-19-11-8-16-31(36)34-27-39-35(26-37(34)45)32-17-9-12-20-38(32)48(39)30-24-22-28(23-25-30)42-41-33-18-10-13-21-40(33)49(3,4)44(41)47-43(46-42)29-14-6-5-7-15-29/h5-27H,1-4H3. The monoisotopic (exact) mass is 645 g/mol. The summed E-state index contributed by atoms with van der Waals surface area (Å²) in [7, 11) is -2.03. The number of benzene rings is 6. The van der Waals surface area contributed by atoms with Crippen molar-refractivity contribution in [2.24, 2.45) is 0 Å². The highest BCUT2D eigenvalue weighted by Crippen LogP contribution is 2.51. The maximum absolute atomic E-state index is 5.32. The maximum Gasteiger partial charge on any atom is 0.159 e. The molecule has 49 heavy (non-hydrogen) atoms. The molecular weight excluding hydrogens is 611 g/mol. The van der Waals surface area contributed by atoms with Gasteiger partial charge in [-0.25, -0.2) is 9.97 Å². The van der Waals surface area contributed by atoms with E-state index in [1.807, 2.05) is 6.07 Å². The van der Waals surface area contributed by atoms with Crippen molar-refractivity contribution in [3.63, 3.8) is 0 Å². The molecule has 1 aliphatic heterocycles. The zero-order chi connectivity index (χ0) is 33.1. The molecule has 0 bridgehead atoms. The summed E-state index contributed by atoms with van der Waals surface area (Å²) in [6, 6.07) is 51.0. The molecule has 2 aliphatic rings. The first-order chi connectivity index (χ1) is 23.8. The highest BCUT2D eigenvalue weighted by molar-refractivity contribution is 7.03. The van der Waals surface area contributed by atoms with Gasteiger partial charge in [-0.3, -0.25) is 0 Å². The molecule has 0 unspecified atom stereocenters. The van der Waals surface area contributed by atoms with Crippen LogP contribution < -0.4 is 10.5 Å². The molecule has 0 saturated heterocycles. The first-order valence-corrected chi connectivity index (χ1v) is 20.2. The van der Waals surface area contributed by atoms with Gasteiger partial charge in [-0.15, -0.1) is 0 Å². The Balaban J connectivity index is 1.18. The topological polar surface area (TPSA) is 30.7 Å². The van der Waals surface area contributed by atoms with Crippen LogP contribution in [0, 0.1) is 0 Å². The van der Waals surface area contributed by atoms with Crippen LogP contribution in [0.15, 0.2) is 140 Å². The molecular formula is C45H35N3Si. The van der Waals surface area contributed by atoms with E-state index >= 15 is 0 Å². The largest absolute Gasteiger partial charge is 0.309 e. The molecule has 0 fully saturated rings. The van der Waals surface area contributed by atoms with E-state index in [-0.39, 0.29) is 5.41 Å². The van der Waals surface area contributed by atoms with Crippen LogP contribution in [-0.4, -0.2) is 22.6 Å². The third-order valence-corrected chi connectivity index (χ3v) is 14.5. The smallest absolute Gasteiger partial charge is 0.159 e. The van der Waals surface area contributed by atoms with Crippen molar-refractivity contribution in [2.75, 3.05) is 0 Å². The van der Waals surface area contributed by atoms with Crippen molar-refractivity contribution in [3.8, 4) is 50.6 Å². The van der Waals surface area contributed by atoms with Gasteiger partial charge in [-0.2, -0.15) is 0 Å². The zero-order valence-corrected chi connectivity index (χ0v) is 29.1. The SMILES string of the molecule is CC1(C)c2ccccc2-c2cc3c(cc21)c1ccccc1n3-c1ccc(-c2nc(-c3ccccc3)nc3c2-c2ccccc2[Si]3(C)C)cc1. The summed E-state index contributed by atoms with van der Waals surface area (Å²) in [6.07, 6.45) is 0. The minimum Gasteiger partial charge on any atom is -0.309 e. The van der Waals surface area contributed by atoms with Crippen LogP contribution in [0.2, 0.25) is 13.1 Å². The van der Waals surface area contributed by atoms with Gasteiger partial charge in [0.1, 0.15) is 8.07 Å². The maximum atomic E-state index is 5.32. The van der Waals surface area contributed by atoms with Crippen molar-refractivity contribution >= 4 is 40.4 Å². The fourth-order valence-corrected chi connectivity index (χ4v) is 11.6. The Labute approximate surface area is 287 Å². The van der Waals surface area contributed by atoms with Gasteiger partial charge in [-0.1, -0.05) is 136 Å². The molecule has 234 valence electrons. The Morgan fingerprint density at radius 2 is 1.24 bits per heavy atom. The number of fused-ring (bicyclic) bond motifs is 9. The number of hydrogen-bond donors (Lipinski definition) is 0. The fraction of sp³-hybridized carbons (Fsp3) is 0.111. The van der Waals surface area contributed by atoms with Crippen molar-refractivity contribution in [1.82, 2.24) is 14.5 Å². The van der Waals surface area contributed by atoms with E-state index in [1.54, 1.807) is 0 Å². The third-order valence-electron chi connectivity index (χ3n) is 11.2. The first-order valence-electron chi connectivity index (χ1n) is 17.2. The Morgan fingerprint density at radius 1 is 0.551 bits per heavy atom. The van der Waals surface area contributed by atoms with Crippen LogP contribution in [0.1, 0.15) is 25.0 Å². The van der Waals surface area contributed by atoms with Gasteiger partial charge in [-0.05, 0) is 63.3 Å². The molecule has 2 aromatic heterocycles. The van der Waals surface area contributed by atoms with Gasteiger partial charge in [0, 0.05) is 43.9 Å². The van der Waals surface area contributed by atoms with E-state index in [0.717, 1.165) is 28.3 Å². The van der Waals surface area contributed by atoms with Gasteiger partial charge >= 0.3 is 0 Å². The molecule has 3 heterocycles. The molecule has 0 radical (unpaired) electrons. The average Bonchev–Trinajstić information content (AvgIpc) is 3.68. The lowest BCUT2D eigenvalue weighted by atomic mass is 9.82. The highest BCUT2D eigenvalue weighted by Gasteiger charge is 2.41. The second kappa shape index (κ2) is 9.97. The van der Waals surface area contributed by atoms with Crippen molar-refractivity contribution in [2.45, 2.75) is 32.4 Å². The van der Waals surface area contributed by atoms with Crippen LogP contribution in [-0.2, 0) is 5.41 Å². The number of nitrogens with zero attached hydrogens (tertiary/aromatic N) is 3. The quantitative estimate of drug-likeness (QED) is 0.179. The molecule has 0 amide bonds. The fourth-order valence-electron chi connectivity index (χ4n) is 8.68. The van der Waals surface area contributed by atoms with Gasteiger partial charge < -0.3 is 4.57 Å². The predicted molar refractivity (Wildman–Crippen MR) is 207 cm³/mol. The average molecular weight is 646 g/mol. The number of hydrogen-bond acceptors (Lipinski definition) is 2. The summed E-state index contributed by atoms with van der Waals surface area (Å²) < 4.78 is 2.44. The van der Waals surface area contributed by atoms with Crippen LogP contribution in [0.5, 0.6) is 0 Å². The van der Waals surface area contributed by atoms with Crippen LogP contribution >= 0.6 is 0 Å². The Bertz CT molecular complexity index is 2650. The van der Waals surface area contributed by atoms with Crippen LogP contribution in [0.3, 0.4) is 0 Å². The molecule has 0 saturated carbocycles. The lowest BCUT2D eigenvalue weighted by molar-refractivity contribution is 0.661. The van der Waals surface area contributed by atoms with Gasteiger partial charge in [0.15, 0.2) is 5.82 Å². The Kier molecular flexibility index (Phi) is 5.79. The van der Waals surface area contributed by atoms with Gasteiger partial charge in [0.2, 0.25) is 0 Å². The van der Waals surface area contributed by atoms with Crippen LogP contribution in [0.25, 0.3) is 72.4 Å². The van der Waals surface area contributed by atoms with Crippen molar-refractivity contribution in [3.05, 3.63) is 151 Å². The molecule has 6 aromatic carbocycles. The molecule has 0 N–H and O–H groups in total. The summed E-state index contributed by atoms with van der Waals surface area (Å²) in [5, 5.41) is 5.23. The van der Waals surface area contributed by atoms with Gasteiger partial charge in [0.25, 0.3) is 0 Å². The molecule has 1 aliphatic carbocycles. The van der Waals surface area contributed by atoms with E-state index < -0.39 is 8.07 Å². The summed E-state index contributed by atoms with van der Waals surface area (Å²) in [5.74, 6) is 0.797. The lowest BCUT2D eigenvalue weighted by Crippen LogP contribution is -2.50. The van der Waals surface area contributed by atoms with E-state index in [0.29, 0.717) is 0 Å². The second-order valence-corrected chi connectivity index (χ2v) is 18.9. The zero-order valence-electron chi connectivity index (χ0n) is 28.1. The second-order valence-electron chi connectivity index (χ2n) is 14.6. The van der Waals surface area contributed by atoms with Crippen molar-refractivity contribution in [1.29, 1.82) is 0 Å². The highest BCUT2D eigenvalue weighted by atomic mass is 28.3. The molecule has 0 spiro atoms. The van der Waals surface area contributed by atoms with E-state index in [4.69, 9.17) is 9.97 Å². The predicted octanol–water partition coefficient (Wildman–Crippen LogP) is 10.0. The summed E-state index contributed by atoms with van der Waals surface area (Å²) in [4.78, 5) is 10.6. The van der Waals surface area contributed by atoms with E-state index in [9.17, 15) is 0 Å². The lowest BCUT2D eigenvalue weighted by Gasteiger charge is -2.21.